The molecule has 202 valence electrons. The summed E-state index contributed by atoms with van der Waals surface area (Å²) in [5.41, 5.74) is 2.86. The zero-order valence-corrected chi connectivity index (χ0v) is 24.9. The molecule has 0 saturated heterocycles. The Balaban J connectivity index is 1.52. The zero-order valence-electron chi connectivity index (χ0n) is 21.1. The van der Waals surface area contributed by atoms with Crippen LogP contribution in [-0.4, -0.2) is 29.3 Å². The van der Waals surface area contributed by atoms with Gasteiger partial charge in [0, 0.05) is 9.26 Å². The van der Waals surface area contributed by atoms with Crippen LogP contribution in [0.2, 0.25) is 0 Å². The van der Waals surface area contributed by atoms with Gasteiger partial charge in [-0.2, -0.15) is 0 Å². The molecule has 0 aliphatic heterocycles. The van der Waals surface area contributed by atoms with Gasteiger partial charge in [0.25, 0.3) is 20.0 Å². The summed E-state index contributed by atoms with van der Waals surface area (Å²) in [5, 5.41) is 2.66. The predicted octanol–water partition coefficient (Wildman–Crippen LogP) is 5.54. The third-order valence-corrected chi connectivity index (χ3v) is 9.71. The van der Waals surface area contributed by atoms with E-state index >= 15 is 0 Å². The standard InChI is InChI=1S/C28H26IN3O5S2/c1-20-8-9-21(2)27(18-20)31-38(34,35)25-16-12-23(13-17-25)30-28(33)19-32(24-14-10-22(29)11-15-24)39(36,37)26-6-4-3-5-7-26/h3-18,31H,19H2,1-2H3,(H,30,33). The first-order valence-corrected chi connectivity index (χ1v) is 15.8. The summed E-state index contributed by atoms with van der Waals surface area (Å²) in [5.74, 6) is -0.586. The van der Waals surface area contributed by atoms with Gasteiger partial charge in [-0.25, -0.2) is 16.8 Å². The smallest absolute Gasteiger partial charge is 0.264 e. The summed E-state index contributed by atoms with van der Waals surface area (Å²) in [4.78, 5) is 13.1. The summed E-state index contributed by atoms with van der Waals surface area (Å²) >= 11 is 2.12. The third-order valence-electron chi connectivity index (χ3n) is 5.82. The quantitative estimate of drug-likeness (QED) is 0.226. The summed E-state index contributed by atoms with van der Waals surface area (Å²) in [6, 6.07) is 25.8. The Morgan fingerprint density at radius 3 is 2.08 bits per heavy atom. The monoisotopic (exact) mass is 675 g/mol. The first-order valence-electron chi connectivity index (χ1n) is 11.8. The minimum atomic E-state index is -4.03. The highest BCUT2D eigenvalue weighted by Crippen LogP contribution is 2.25. The lowest BCUT2D eigenvalue weighted by Gasteiger charge is -2.24. The Hall–Kier alpha value is -3.42. The van der Waals surface area contributed by atoms with E-state index in [4.69, 9.17) is 0 Å². The molecule has 0 atom stereocenters. The summed E-state index contributed by atoms with van der Waals surface area (Å²) < 4.78 is 57.2. The van der Waals surface area contributed by atoms with Crippen LogP contribution in [0.1, 0.15) is 11.1 Å². The van der Waals surface area contributed by atoms with Gasteiger partial charge in [0.2, 0.25) is 5.91 Å². The first-order chi connectivity index (χ1) is 18.5. The Morgan fingerprint density at radius 1 is 0.795 bits per heavy atom. The number of nitrogens with zero attached hydrogens (tertiary/aromatic N) is 1. The average Bonchev–Trinajstić information content (AvgIpc) is 2.90. The number of halogens is 1. The van der Waals surface area contributed by atoms with E-state index in [0.29, 0.717) is 17.1 Å². The van der Waals surface area contributed by atoms with Gasteiger partial charge in [-0.05, 0) is 114 Å². The van der Waals surface area contributed by atoms with Gasteiger partial charge in [-0.1, -0.05) is 30.3 Å². The van der Waals surface area contributed by atoms with Crippen LogP contribution in [0, 0.1) is 17.4 Å². The van der Waals surface area contributed by atoms with Crippen molar-refractivity contribution in [3.05, 3.63) is 112 Å². The second-order valence-electron chi connectivity index (χ2n) is 8.80. The van der Waals surface area contributed by atoms with Crippen molar-refractivity contribution in [1.82, 2.24) is 0 Å². The second kappa shape index (κ2) is 11.8. The molecule has 0 heterocycles. The Labute approximate surface area is 242 Å². The molecule has 4 aromatic rings. The minimum Gasteiger partial charge on any atom is -0.325 e. The van der Waals surface area contributed by atoms with E-state index in [2.05, 4.69) is 32.6 Å². The molecule has 0 aliphatic carbocycles. The van der Waals surface area contributed by atoms with Crippen LogP contribution in [-0.2, 0) is 24.8 Å². The molecule has 4 rings (SSSR count). The molecule has 11 heteroatoms. The molecule has 0 saturated carbocycles. The van der Waals surface area contributed by atoms with E-state index in [1.807, 2.05) is 26.0 Å². The third kappa shape index (κ3) is 6.97. The molecule has 0 aliphatic rings. The number of anilines is 3. The maximum atomic E-state index is 13.4. The van der Waals surface area contributed by atoms with Crippen LogP contribution in [0.15, 0.2) is 107 Å². The topological polar surface area (TPSA) is 113 Å². The van der Waals surface area contributed by atoms with Crippen LogP contribution in [0.25, 0.3) is 0 Å². The summed E-state index contributed by atoms with van der Waals surface area (Å²) in [6.07, 6.45) is 0. The van der Waals surface area contributed by atoms with Crippen molar-refractivity contribution in [2.75, 3.05) is 20.9 Å². The fourth-order valence-electron chi connectivity index (χ4n) is 3.74. The van der Waals surface area contributed by atoms with Crippen molar-refractivity contribution in [1.29, 1.82) is 0 Å². The predicted molar refractivity (Wildman–Crippen MR) is 162 cm³/mol. The van der Waals surface area contributed by atoms with E-state index in [9.17, 15) is 21.6 Å². The minimum absolute atomic E-state index is 0.0218. The number of nitrogens with one attached hydrogen (secondary N) is 2. The number of aryl methyl sites for hydroxylation is 2. The van der Waals surface area contributed by atoms with Gasteiger partial charge in [0.05, 0.1) is 21.2 Å². The highest BCUT2D eigenvalue weighted by atomic mass is 127. The molecule has 2 N–H and O–H groups in total. The summed E-state index contributed by atoms with van der Waals surface area (Å²) in [6.45, 7) is 3.21. The lowest BCUT2D eigenvalue weighted by Crippen LogP contribution is -2.38. The lowest BCUT2D eigenvalue weighted by atomic mass is 10.1. The van der Waals surface area contributed by atoms with Gasteiger partial charge >= 0.3 is 0 Å². The molecule has 0 unspecified atom stereocenters. The molecule has 39 heavy (non-hydrogen) atoms. The van der Waals surface area contributed by atoms with Gasteiger partial charge < -0.3 is 5.32 Å². The normalized spacial score (nSPS) is 11.6. The van der Waals surface area contributed by atoms with Crippen molar-refractivity contribution in [2.24, 2.45) is 0 Å². The van der Waals surface area contributed by atoms with Crippen LogP contribution >= 0.6 is 22.6 Å². The molecule has 1 amide bonds. The van der Waals surface area contributed by atoms with Gasteiger partial charge in [0.1, 0.15) is 6.54 Å². The maximum Gasteiger partial charge on any atom is 0.264 e. The number of rotatable bonds is 9. The van der Waals surface area contributed by atoms with Crippen molar-refractivity contribution >= 4 is 65.6 Å². The number of amides is 1. The number of carbonyl (C=O) groups is 1. The highest BCUT2D eigenvalue weighted by Gasteiger charge is 2.27. The molecule has 0 bridgehead atoms. The molecular weight excluding hydrogens is 649 g/mol. The Kier molecular flexibility index (Phi) is 8.62. The lowest BCUT2D eigenvalue weighted by molar-refractivity contribution is -0.114. The van der Waals surface area contributed by atoms with E-state index in [-0.39, 0.29) is 9.79 Å². The first kappa shape index (κ1) is 28.6. The second-order valence-corrected chi connectivity index (χ2v) is 13.6. The van der Waals surface area contributed by atoms with Crippen LogP contribution < -0.4 is 14.3 Å². The SMILES string of the molecule is Cc1ccc(C)c(NS(=O)(=O)c2ccc(NC(=O)CN(c3ccc(I)cc3)S(=O)(=O)c3ccccc3)cc2)c1. The van der Waals surface area contributed by atoms with Crippen molar-refractivity contribution in [3.8, 4) is 0 Å². The van der Waals surface area contributed by atoms with Crippen LogP contribution in [0.5, 0.6) is 0 Å². The van der Waals surface area contributed by atoms with E-state index in [1.165, 1.54) is 36.4 Å². The number of carbonyl (C=O) groups excluding carboxylic acids is 1. The molecule has 0 spiro atoms. The maximum absolute atomic E-state index is 13.4. The van der Waals surface area contributed by atoms with Crippen LogP contribution in [0.4, 0.5) is 17.1 Å². The molecule has 4 aromatic carbocycles. The number of benzene rings is 4. The Morgan fingerprint density at radius 2 is 1.44 bits per heavy atom. The Bertz CT molecular complexity index is 1690. The van der Waals surface area contributed by atoms with E-state index in [0.717, 1.165) is 19.0 Å². The molecule has 0 fully saturated rings. The molecular formula is C28H26IN3O5S2. The molecule has 0 radical (unpaired) electrons. The molecule has 8 nitrogen and oxygen atoms in total. The zero-order chi connectivity index (χ0) is 28.2. The summed E-state index contributed by atoms with van der Waals surface area (Å²) in [7, 11) is -7.89. The fraction of sp³-hybridized carbons (Fsp3) is 0.107. The highest BCUT2D eigenvalue weighted by molar-refractivity contribution is 14.1. The number of sulfonamides is 2. The van der Waals surface area contributed by atoms with E-state index in [1.54, 1.807) is 48.5 Å². The fourth-order valence-corrected chi connectivity index (χ4v) is 6.66. The largest absolute Gasteiger partial charge is 0.325 e. The van der Waals surface area contributed by atoms with Gasteiger partial charge in [-0.3, -0.25) is 13.8 Å². The molecule has 0 aromatic heterocycles. The number of hydrogen-bond acceptors (Lipinski definition) is 5. The van der Waals surface area contributed by atoms with E-state index < -0.39 is 32.5 Å². The van der Waals surface area contributed by atoms with Gasteiger partial charge in [0.15, 0.2) is 0 Å². The van der Waals surface area contributed by atoms with Crippen LogP contribution in [0.3, 0.4) is 0 Å². The average molecular weight is 676 g/mol. The van der Waals surface area contributed by atoms with Crippen molar-refractivity contribution in [2.45, 2.75) is 23.6 Å². The van der Waals surface area contributed by atoms with Gasteiger partial charge in [-0.15, -0.1) is 0 Å². The number of hydrogen-bond donors (Lipinski definition) is 2. The van der Waals surface area contributed by atoms with Crippen molar-refractivity contribution in [3.63, 3.8) is 0 Å². The van der Waals surface area contributed by atoms with Crippen molar-refractivity contribution < 1.29 is 21.6 Å².